The van der Waals surface area contributed by atoms with Gasteiger partial charge in [-0.25, -0.2) is 0 Å². The minimum absolute atomic E-state index is 0.266. The highest BCUT2D eigenvalue weighted by atomic mass is 16.3. The number of benzene rings is 2. The molecule has 0 spiro atoms. The molecule has 1 N–H and O–H groups in total. The number of aromatic nitrogens is 1. The number of pyridine rings is 1. The van der Waals surface area contributed by atoms with Crippen molar-refractivity contribution in [1.82, 2.24) is 4.98 Å². The van der Waals surface area contributed by atoms with Gasteiger partial charge in [0.1, 0.15) is 5.75 Å². The number of aromatic hydroxyl groups is 1. The molecule has 0 saturated heterocycles. The number of rotatable bonds is 3. The zero-order valence-corrected chi connectivity index (χ0v) is 11.0. The van der Waals surface area contributed by atoms with E-state index in [1.54, 1.807) is 6.20 Å². The van der Waals surface area contributed by atoms with E-state index in [1.165, 1.54) is 0 Å². The van der Waals surface area contributed by atoms with Crippen molar-refractivity contribution in [3.8, 4) is 16.9 Å². The minimum atomic E-state index is 0.266. The Morgan fingerprint density at radius 2 is 1.45 bits per heavy atom. The van der Waals surface area contributed by atoms with Crippen LogP contribution in [0.4, 0.5) is 0 Å². The Morgan fingerprint density at radius 1 is 0.800 bits per heavy atom. The molecule has 0 amide bonds. The van der Waals surface area contributed by atoms with Crippen LogP contribution >= 0.6 is 0 Å². The standard InChI is InChI=1S/C18H15NO/c20-18-16(15-9-5-2-6-10-15)11-12-19-17(18)13-14-7-3-1-4-8-14/h1-12,20H,13H2. The fraction of sp³-hybridized carbons (Fsp3) is 0.0556. The van der Waals surface area contributed by atoms with Crippen molar-refractivity contribution in [2.24, 2.45) is 0 Å². The van der Waals surface area contributed by atoms with Gasteiger partial charge in [-0.2, -0.15) is 0 Å². The molecule has 0 radical (unpaired) electrons. The largest absolute Gasteiger partial charge is 0.505 e. The van der Waals surface area contributed by atoms with Crippen LogP contribution in [0.2, 0.25) is 0 Å². The molecule has 98 valence electrons. The van der Waals surface area contributed by atoms with Crippen LogP contribution in [0.1, 0.15) is 11.3 Å². The topological polar surface area (TPSA) is 33.1 Å². The Labute approximate surface area is 118 Å². The monoisotopic (exact) mass is 261 g/mol. The van der Waals surface area contributed by atoms with E-state index < -0.39 is 0 Å². The highest BCUT2D eigenvalue weighted by Crippen LogP contribution is 2.31. The molecule has 2 heteroatoms. The summed E-state index contributed by atoms with van der Waals surface area (Å²) in [4.78, 5) is 4.31. The summed E-state index contributed by atoms with van der Waals surface area (Å²) in [5.41, 5.74) is 3.67. The molecule has 2 nitrogen and oxygen atoms in total. The highest BCUT2D eigenvalue weighted by Gasteiger charge is 2.10. The lowest BCUT2D eigenvalue weighted by Gasteiger charge is -2.09. The molecule has 3 aromatic rings. The van der Waals surface area contributed by atoms with Gasteiger partial charge >= 0.3 is 0 Å². The third-order valence-corrected chi connectivity index (χ3v) is 3.30. The molecular weight excluding hydrogens is 246 g/mol. The van der Waals surface area contributed by atoms with E-state index in [4.69, 9.17) is 0 Å². The molecule has 20 heavy (non-hydrogen) atoms. The molecule has 0 aliphatic carbocycles. The second-order valence-corrected chi connectivity index (χ2v) is 4.68. The van der Waals surface area contributed by atoms with Gasteiger partial charge in [-0.1, -0.05) is 60.7 Å². The smallest absolute Gasteiger partial charge is 0.145 e. The Hall–Kier alpha value is -2.61. The molecule has 0 aliphatic heterocycles. The molecule has 0 saturated carbocycles. The molecule has 2 aromatic carbocycles. The molecule has 0 atom stereocenters. The van der Waals surface area contributed by atoms with Crippen molar-refractivity contribution < 1.29 is 5.11 Å². The Kier molecular flexibility index (Phi) is 3.46. The summed E-state index contributed by atoms with van der Waals surface area (Å²) in [7, 11) is 0. The maximum absolute atomic E-state index is 10.4. The van der Waals surface area contributed by atoms with E-state index in [1.807, 2.05) is 66.7 Å². The Morgan fingerprint density at radius 3 is 2.15 bits per heavy atom. The zero-order chi connectivity index (χ0) is 13.8. The summed E-state index contributed by atoms with van der Waals surface area (Å²) in [5, 5.41) is 10.4. The van der Waals surface area contributed by atoms with Crippen molar-refractivity contribution in [2.45, 2.75) is 6.42 Å². The van der Waals surface area contributed by atoms with Gasteiger partial charge in [-0.05, 0) is 17.2 Å². The molecule has 3 rings (SSSR count). The predicted molar refractivity (Wildman–Crippen MR) is 80.6 cm³/mol. The lowest BCUT2D eigenvalue weighted by molar-refractivity contribution is 0.467. The first-order valence-electron chi connectivity index (χ1n) is 6.61. The summed E-state index contributed by atoms with van der Waals surface area (Å²) >= 11 is 0. The lowest BCUT2D eigenvalue weighted by atomic mass is 10.0. The van der Waals surface area contributed by atoms with Gasteiger partial charge in [0.25, 0.3) is 0 Å². The molecule has 0 bridgehead atoms. The fourth-order valence-electron chi connectivity index (χ4n) is 2.27. The van der Waals surface area contributed by atoms with Gasteiger partial charge in [0, 0.05) is 18.2 Å². The van der Waals surface area contributed by atoms with Crippen LogP contribution in [0.3, 0.4) is 0 Å². The minimum Gasteiger partial charge on any atom is -0.505 e. The first-order chi connectivity index (χ1) is 9.84. The van der Waals surface area contributed by atoms with Gasteiger partial charge in [-0.15, -0.1) is 0 Å². The van der Waals surface area contributed by atoms with Gasteiger partial charge in [-0.3, -0.25) is 4.98 Å². The normalized spacial score (nSPS) is 10.4. The van der Waals surface area contributed by atoms with Crippen LogP contribution in [0.15, 0.2) is 72.9 Å². The van der Waals surface area contributed by atoms with Gasteiger partial charge in [0.05, 0.1) is 5.69 Å². The third kappa shape index (κ3) is 2.54. The van der Waals surface area contributed by atoms with E-state index >= 15 is 0 Å². The molecule has 1 heterocycles. The Balaban J connectivity index is 1.98. The maximum atomic E-state index is 10.4. The van der Waals surface area contributed by atoms with Crippen LogP contribution < -0.4 is 0 Å². The highest BCUT2D eigenvalue weighted by molar-refractivity contribution is 5.70. The fourth-order valence-corrected chi connectivity index (χ4v) is 2.27. The molecule has 0 unspecified atom stereocenters. The van der Waals surface area contributed by atoms with Crippen molar-refractivity contribution in [2.75, 3.05) is 0 Å². The average molecular weight is 261 g/mol. The van der Waals surface area contributed by atoms with Crippen molar-refractivity contribution >= 4 is 0 Å². The first-order valence-corrected chi connectivity index (χ1v) is 6.61. The van der Waals surface area contributed by atoms with E-state index in [0.717, 1.165) is 16.7 Å². The Bertz CT molecular complexity index is 693. The molecule has 1 aromatic heterocycles. The van der Waals surface area contributed by atoms with Gasteiger partial charge in [0.15, 0.2) is 0 Å². The van der Waals surface area contributed by atoms with Crippen LogP contribution in [-0.2, 0) is 6.42 Å². The predicted octanol–water partition coefficient (Wildman–Crippen LogP) is 4.05. The van der Waals surface area contributed by atoms with Crippen LogP contribution in [-0.4, -0.2) is 10.1 Å². The van der Waals surface area contributed by atoms with E-state index in [9.17, 15) is 5.11 Å². The number of hydrogen-bond acceptors (Lipinski definition) is 2. The van der Waals surface area contributed by atoms with E-state index in [-0.39, 0.29) is 5.75 Å². The van der Waals surface area contributed by atoms with Crippen LogP contribution in [0.25, 0.3) is 11.1 Å². The second kappa shape index (κ2) is 5.57. The quantitative estimate of drug-likeness (QED) is 0.771. The summed E-state index contributed by atoms with van der Waals surface area (Å²) < 4.78 is 0. The maximum Gasteiger partial charge on any atom is 0.145 e. The van der Waals surface area contributed by atoms with Gasteiger partial charge < -0.3 is 5.11 Å². The summed E-state index contributed by atoms with van der Waals surface area (Å²) in [6, 6.07) is 21.8. The molecule has 0 aliphatic rings. The molecule has 0 fully saturated rings. The van der Waals surface area contributed by atoms with Crippen molar-refractivity contribution in [3.05, 3.63) is 84.2 Å². The number of nitrogens with zero attached hydrogens (tertiary/aromatic N) is 1. The number of hydrogen-bond donors (Lipinski definition) is 1. The summed E-state index contributed by atoms with van der Waals surface area (Å²) in [6.45, 7) is 0. The molecular formula is C18H15NO. The van der Waals surface area contributed by atoms with Crippen molar-refractivity contribution in [3.63, 3.8) is 0 Å². The SMILES string of the molecule is Oc1c(-c2ccccc2)ccnc1Cc1ccccc1. The van der Waals surface area contributed by atoms with E-state index in [0.29, 0.717) is 12.1 Å². The summed E-state index contributed by atoms with van der Waals surface area (Å²) in [6.07, 6.45) is 2.38. The summed E-state index contributed by atoms with van der Waals surface area (Å²) in [5.74, 6) is 0.266. The van der Waals surface area contributed by atoms with Crippen molar-refractivity contribution in [1.29, 1.82) is 0 Å². The second-order valence-electron chi connectivity index (χ2n) is 4.68. The van der Waals surface area contributed by atoms with Gasteiger partial charge in [0.2, 0.25) is 0 Å². The lowest BCUT2D eigenvalue weighted by Crippen LogP contribution is -1.94. The van der Waals surface area contributed by atoms with Crippen LogP contribution in [0, 0.1) is 0 Å². The first kappa shape index (κ1) is 12.4. The van der Waals surface area contributed by atoms with Crippen LogP contribution in [0.5, 0.6) is 5.75 Å². The average Bonchev–Trinajstić information content (AvgIpc) is 2.51. The zero-order valence-electron chi connectivity index (χ0n) is 11.0. The van der Waals surface area contributed by atoms with E-state index in [2.05, 4.69) is 4.98 Å². The third-order valence-electron chi connectivity index (χ3n) is 3.30.